The molecule has 1 nitrogen and oxygen atoms in total. The van der Waals surface area contributed by atoms with Crippen molar-refractivity contribution in [3.63, 3.8) is 0 Å². The summed E-state index contributed by atoms with van der Waals surface area (Å²) in [6, 6.07) is 0. The summed E-state index contributed by atoms with van der Waals surface area (Å²) in [6.45, 7) is 17.6. The Morgan fingerprint density at radius 2 is 1.47 bits per heavy atom. The average molecular weight is 270 g/mol. The minimum Gasteiger partial charge on any atom is -0.302 e. The molecule has 0 aromatic carbocycles. The summed E-state index contributed by atoms with van der Waals surface area (Å²) in [6.07, 6.45) is 8.29. The molecule has 19 heavy (non-hydrogen) atoms. The van der Waals surface area contributed by atoms with Crippen LogP contribution < -0.4 is 0 Å². The van der Waals surface area contributed by atoms with Crippen molar-refractivity contribution < 1.29 is 0 Å². The first-order valence-corrected chi connectivity index (χ1v) is 8.27. The molecule has 0 aliphatic heterocycles. The highest BCUT2D eigenvalue weighted by molar-refractivity contribution is 4.73. The molecule has 0 bridgehead atoms. The molecule has 0 spiro atoms. The van der Waals surface area contributed by atoms with Gasteiger partial charge in [-0.25, -0.2) is 0 Å². The van der Waals surface area contributed by atoms with Crippen LogP contribution in [0.25, 0.3) is 0 Å². The van der Waals surface area contributed by atoms with Crippen LogP contribution in [0.4, 0.5) is 0 Å². The Labute approximate surface area is 123 Å². The van der Waals surface area contributed by atoms with Crippen molar-refractivity contribution in [2.24, 2.45) is 11.3 Å². The predicted octanol–water partition coefficient (Wildman–Crippen LogP) is 5.74. The van der Waals surface area contributed by atoms with Gasteiger partial charge in [0.2, 0.25) is 0 Å². The van der Waals surface area contributed by atoms with Crippen LogP contribution in [-0.4, -0.2) is 24.0 Å². The average Bonchev–Trinajstić information content (AvgIpc) is 2.25. The minimum atomic E-state index is 0.316. The molecule has 0 amide bonds. The van der Waals surface area contributed by atoms with Crippen LogP contribution in [0.15, 0.2) is 0 Å². The highest BCUT2D eigenvalue weighted by Gasteiger charge is 2.17. The van der Waals surface area contributed by atoms with Crippen LogP contribution in [0.5, 0.6) is 0 Å². The van der Waals surface area contributed by atoms with Crippen molar-refractivity contribution in [3.05, 3.63) is 0 Å². The van der Waals surface area contributed by atoms with Crippen molar-refractivity contribution in [2.75, 3.05) is 13.6 Å². The molecule has 116 valence electrons. The van der Waals surface area contributed by atoms with Gasteiger partial charge in [-0.2, -0.15) is 0 Å². The van der Waals surface area contributed by atoms with Gasteiger partial charge in [0.25, 0.3) is 0 Å². The fourth-order valence-electron chi connectivity index (χ4n) is 2.31. The van der Waals surface area contributed by atoms with Crippen LogP contribution in [-0.2, 0) is 0 Å². The lowest BCUT2D eigenvalue weighted by molar-refractivity contribution is 0.170. The Morgan fingerprint density at radius 3 is 1.89 bits per heavy atom. The molecule has 1 atom stereocenters. The quantitative estimate of drug-likeness (QED) is 0.508. The van der Waals surface area contributed by atoms with Crippen LogP contribution in [0, 0.1) is 11.3 Å². The van der Waals surface area contributed by atoms with Gasteiger partial charge in [0.05, 0.1) is 0 Å². The second-order valence-corrected chi connectivity index (χ2v) is 8.46. The van der Waals surface area contributed by atoms with Crippen molar-refractivity contribution in [1.82, 2.24) is 4.90 Å². The first-order chi connectivity index (χ1) is 8.56. The summed E-state index contributed by atoms with van der Waals surface area (Å²) in [5.41, 5.74) is 0.816. The SMILES string of the molecule is CCC(CCCCN(C)C(C)(C)C)CCC(C)(C)C. The van der Waals surface area contributed by atoms with Crippen LogP contribution in [0.1, 0.15) is 87.0 Å². The van der Waals surface area contributed by atoms with Gasteiger partial charge >= 0.3 is 0 Å². The zero-order valence-corrected chi connectivity index (χ0v) is 15.0. The Morgan fingerprint density at radius 1 is 0.895 bits per heavy atom. The molecule has 1 heteroatoms. The van der Waals surface area contributed by atoms with E-state index in [4.69, 9.17) is 0 Å². The number of hydrogen-bond donors (Lipinski definition) is 0. The van der Waals surface area contributed by atoms with Gasteiger partial charge in [0, 0.05) is 5.54 Å². The van der Waals surface area contributed by atoms with E-state index in [1.807, 2.05) is 0 Å². The van der Waals surface area contributed by atoms with E-state index in [1.165, 1.54) is 45.1 Å². The monoisotopic (exact) mass is 269 g/mol. The highest BCUT2D eigenvalue weighted by atomic mass is 15.1. The molecular weight excluding hydrogens is 230 g/mol. The van der Waals surface area contributed by atoms with Crippen molar-refractivity contribution >= 4 is 0 Å². The standard InChI is InChI=1S/C18H39N/c1-9-16(13-14-17(2,3)4)12-10-11-15-19(8)18(5,6)7/h16H,9-15H2,1-8H3. The van der Waals surface area contributed by atoms with E-state index in [0.29, 0.717) is 11.0 Å². The Kier molecular flexibility index (Phi) is 8.27. The maximum absolute atomic E-state index is 2.48. The van der Waals surface area contributed by atoms with Gasteiger partial charge in [-0.1, -0.05) is 47.0 Å². The molecule has 0 fully saturated rings. The summed E-state index contributed by atoms with van der Waals surface area (Å²) >= 11 is 0. The number of unbranched alkanes of at least 4 members (excludes halogenated alkanes) is 1. The van der Waals surface area contributed by atoms with Crippen molar-refractivity contribution in [3.8, 4) is 0 Å². The van der Waals surface area contributed by atoms with Crippen LogP contribution in [0.2, 0.25) is 0 Å². The van der Waals surface area contributed by atoms with E-state index in [2.05, 4.69) is 60.4 Å². The lowest BCUT2D eigenvalue weighted by Gasteiger charge is -2.32. The lowest BCUT2D eigenvalue weighted by atomic mass is 9.84. The molecule has 0 saturated heterocycles. The van der Waals surface area contributed by atoms with Gasteiger partial charge in [-0.05, 0) is 65.0 Å². The third-order valence-electron chi connectivity index (χ3n) is 4.38. The van der Waals surface area contributed by atoms with E-state index in [-0.39, 0.29) is 0 Å². The summed E-state index contributed by atoms with van der Waals surface area (Å²) in [4.78, 5) is 2.48. The lowest BCUT2D eigenvalue weighted by Crippen LogP contribution is -2.38. The van der Waals surface area contributed by atoms with E-state index < -0.39 is 0 Å². The smallest absolute Gasteiger partial charge is 0.0122 e. The first kappa shape index (κ1) is 19.0. The van der Waals surface area contributed by atoms with E-state index in [1.54, 1.807) is 0 Å². The molecule has 0 rings (SSSR count). The third kappa shape index (κ3) is 10.4. The van der Waals surface area contributed by atoms with Gasteiger partial charge in [0.15, 0.2) is 0 Å². The van der Waals surface area contributed by atoms with E-state index in [0.717, 1.165) is 5.92 Å². The minimum absolute atomic E-state index is 0.316. The Bertz CT molecular complexity index is 219. The maximum Gasteiger partial charge on any atom is 0.0122 e. The molecule has 1 unspecified atom stereocenters. The fraction of sp³-hybridized carbons (Fsp3) is 1.00. The van der Waals surface area contributed by atoms with Gasteiger partial charge in [0.1, 0.15) is 0 Å². The van der Waals surface area contributed by atoms with Crippen molar-refractivity contribution in [1.29, 1.82) is 0 Å². The van der Waals surface area contributed by atoms with Gasteiger partial charge in [-0.3, -0.25) is 0 Å². The van der Waals surface area contributed by atoms with Crippen LogP contribution >= 0.6 is 0 Å². The summed E-state index contributed by atoms with van der Waals surface area (Å²) < 4.78 is 0. The zero-order chi connectivity index (χ0) is 15.1. The predicted molar refractivity (Wildman–Crippen MR) is 88.7 cm³/mol. The molecule has 0 N–H and O–H groups in total. The molecule has 0 aromatic rings. The van der Waals surface area contributed by atoms with Crippen LogP contribution in [0.3, 0.4) is 0 Å². The maximum atomic E-state index is 2.48. The van der Waals surface area contributed by atoms with Crippen molar-refractivity contribution in [2.45, 2.75) is 92.5 Å². The number of hydrogen-bond acceptors (Lipinski definition) is 1. The molecular formula is C18H39N. The second-order valence-electron chi connectivity index (χ2n) is 8.46. The van der Waals surface area contributed by atoms with Gasteiger partial charge < -0.3 is 4.90 Å². The third-order valence-corrected chi connectivity index (χ3v) is 4.38. The number of rotatable bonds is 8. The van der Waals surface area contributed by atoms with E-state index >= 15 is 0 Å². The van der Waals surface area contributed by atoms with E-state index in [9.17, 15) is 0 Å². The summed E-state index contributed by atoms with van der Waals surface area (Å²) in [7, 11) is 2.25. The second kappa shape index (κ2) is 8.29. The topological polar surface area (TPSA) is 3.24 Å². The molecule has 0 aromatic heterocycles. The Balaban J connectivity index is 3.79. The molecule has 0 saturated carbocycles. The fourth-order valence-corrected chi connectivity index (χ4v) is 2.31. The largest absolute Gasteiger partial charge is 0.302 e. The molecule has 0 heterocycles. The molecule has 0 radical (unpaired) electrons. The summed E-state index contributed by atoms with van der Waals surface area (Å²) in [5.74, 6) is 0.944. The first-order valence-electron chi connectivity index (χ1n) is 8.27. The molecule has 0 aliphatic rings. The number of nitrogens with zero attached hydrogens (tertiary/aromatic N) is 1. The summed E-state index contributed by atoms with van der Waals surface area (Å²) in [5, 5.41) is 0. The molecule has 0 aliphatic carbocycles. The van der Waals surface area contributed by atoms with Gasteiger partial charge in [-0.15, -0.1) is 0 Å². The highest BCUT2D eigenvalue weighted by Crippen LogP contribution is 2.27. The zero-order valence-electron chi connectivity index (χ0n) is 15.0. The normalized spacial score (nSPS) is 15.0. The Hall–Kier alpha value is -0.0400.